The molecule has 0 bridgehead atoms. The summed E-state index contributed by atoms with van der Waals surface area (Å²) in [6.07, 6.45) is 2.75. The number of hydrogen-bond acceptors (Lipinski definition) is 2. The number of rotatable bonds is 5. The van der Waals surface area contributed by atoms with Crippen LogP contribution in [0.15, 0.2) is 24.3 Å². The number of nitrogens with one attached hydrogen (secondary N) is 2. The summed E-state index contributed by atoms with van der Waals surface area (Å²) < 4.78 is 0. The lowest BCUT2D eigenvalue weighted by molar-refractivity contribution is -0.139. The molecule has 0 fully saturated rings. The van der Waals surface area contributed by atoms with E-state index in [1.165, 1.54) is 11.1 Å². The maximum Gasteiger partial charge on any atom is 0.326 e. The third-order valence-corrected chi connectivity index (χ3v) is 3.57. The van der Waals surface area contributed by atoms with E-state index in [1.807, 2.05) is 19.1 Å². The molecular formula is C15H20N2O3. The monoisotopic (exact) mass is 276 g/mol. The van der Waals surface area contributed by atoms with Crippen LogP contribution in [0, 0.1) is 0 Å². The van der Waals surface area contributed by atoms with E-state index in [0.29, 0.717) is 12.8 Å². The Labute approximate surface area is 118 Å². The van der Waals surface area contributed by atoms with E-state index >= 15 is 0 Å². The zero-order valence-electron chi connectivity index (χ0n) is 11.6. The summed E-state index contributed by atoms with van der Waals surface area (Å²) in [6, 6.07) is 6.93. The lowest BCUT2D eigenvalue weighted by atomic mass is 10.1. The van der Waals surface area contributed by atoms with Gasteiger partial charge in [0.1, 0.15) is 6.04 Å². The Bertz CT molecular complexity index is 477. The molecule has 0 radical (unpaired) electrons. The van der Waals surface area contributed by atoms with Crippen molar-refractivity contribution in [3.05, 3.63) is 35.4 Å². The fraction of sp³-hybridized carbons (Fsp3) is 0.467. The van der Waals surface area contributed by atoms with Gasteiger partial charge in [0.05, 0.1) is 0 Å². The molecule has 0 unspecified atom stereocenters. The van der Waals surface area contributed by atoms with Crippen LogP contribution in [0.5, 0.6) is 0 Å². The molecule has 3 N–H and O–H groups in total. The number of fused-ring (bicyclic) bond motifs is 1. The lowest BCUT2D eigenvalue weighted by Crippen LogP contribution is -2.49. The molecule has 1 aromatic rings. The van der Waals surface area contributed by atoms with Crippen LogP contribution in [0.2, 0.25) is 0 Å². The van der Waals surface area contributed by atoms with Crippen LogP contribution in [-0.4, -0.2) is 29.2 Å². The highest BCUT2D eigenvalue weighted by Crippen LogP contribution is 2.21. The van der Waals surface area contributed by atoms with Crippen LogP contribution < -0.4 is 10.6 Å². The van der Waals surface area contributed by atoms with Crippen LogP contribution in [0.25, 0.3) is 0 Å². The molecule has 20 heavy (non-hydrogen) atoms. The summed E-state index contributed by atoms with van der Waals surface area (Å²) in [5, 5.41) is 14.4. The standard InChI is InChI=1S/C15H20N2O3/c1-2-5-13(14(18)19)17-15(20)16-12-8-10-6-3-4-7-11(10)9-12/h3-4,6-7,12-13H,2,5,8-9H2,1H3,(H,18,19)(H2,16,17,20)/t13-/m1/s1. The van der Waals surface area contributed by atoms with E-state index < -0.39 is 18.0 Å². The summed E-state index contributed by atoms with van der Waals surface area (Å²) in [6.45, 7) is 1.89. The topological polar surface area (TPSA) is 78.4 Å². The number of hydrogen-bond donors (Lipinski definition) is 3. The second-order valence-electron chi connectivity index (χ2n) is 5.17. The number of benzene rings is 1. The van der Waals surface area contributed by atoms with Crippen molar-refractivity contribution < 1.29 is 14.7 Å². The highest BCUT2D eigenvalue weighted by Gasteiger charge is 2.24. The van der Waals surface area contributed by atoms with Gasteiger partial charge in [0.15, 0.2) is 0 Å². The van der Waals surface area contributed by atoms with Gasteiger partial charge >= 0.3 is 12.0 Å². The molecule has 0 saturated heterocycles. The highest BCUT2D eigenvalue weighted by atomic mass is 16.4. The summed E-state index contributed by atoms with van der Waals surface area (Å²) in [5.41, 5.74) is 2.50. The van der Waals surface area contributed by atoms with Crippen molar-refractivity contribution in [2.24, 2.45) is 0 Å². The van der Waals surface area contributed by atoms with Crippen LogP contribution in [0.3, 0.4) is 0 Å². The largest absolute Gasteiger partial charge is 0.480 e. The van der Waals surface area contributed by atoms with Gasteiger partial charge in [-0.05, 0) is 30.4 Å². The molecular weight excluding hydrogens is 256 g/mol. The van der Waals surface area contributed by atoms with E-state index in [2.05, 4.69) is 22.8 Å². The molecule has 108 valence electrons. The highest BCUT2D eigenvalue weighted by molar-refractivity contribution is 5.82. The first-order chi connectivity index (χ1) is 9.60. The van der Waals surface area contributed by atoms with Crippen molar-refractivity contribution >= 4 is 12.0 Å². The molecule has 2 amide bonds. The molecule has 1 aliphatic carbocycles. The van der Waals surface area contributed by atoms with Gasteiger partial charge in [0.25, 0.3) is 0 Å². The lowest BCUT2D eigenvalue weighted by Gasteiger charge is -2.17. The number of carbonyl (C=O) groups excluding carboxylic acids is 1. The van der Waals surface area contributed by atoms with Gasteiger partial charge in [-0.15, -0.1) is 0 Å². The first-order valence-corrected chi connectivity index (χ1v) is 6.96. The first kappa shape index (κ1) is 14.4. The quantitative estimate of drug-likeness (QED) is 0.766. The first-order valence-electron chi connectivity index (χ1n) is 6.96. The van der Waals surface area contributed by atoms with E-state index in [1.54, 1.807) is 0 Å². The Morgan fingerprint density at radius 1 is 1.30 bits per heavy atom. The molecule has 0 heterocycles. The van der Waals surface area contributed by atoms with E-state index in [0.717, 1.165) is 12.8 Å². The minimum absolute atomic E-state index is 0.0449. The molecule has 5 heteroatoms. The fourth-order valence-electron chi connectivity index (χ4n) is 2.59. The zero-order chi connectivity index (χ0) is 14.5. The summed E-state index contributed by atoms with van der Waals surface area (Å²) in [7, 11) is 0. The molecule has 1 aromatic carbocycles. The Kier molecular flexibility index (Phi) is 4.61. The molecule has 2 rings (SSSR count). The average molecular weight is 276 g/mol. The van der Waals surface area contributed by atoms with Gasteiger partial charge in [-0.3, -0.25) is 0 Å². The normalized spacial score (nSPS) is 15.4. The van der Waals surface area contributed by atoms with Crippen molar-refractivity contribution in [2.75, 3.05) is 0 Å². The summed E-state index contributed by atoms with van der Waals surface area (Å²) >= 11 is 0. The minimum atomic E-state index is -0.989. The zero-order valence-corrected chi connectivity index (χ0v) is 11.6. The molecule has 0 aliphatic heterocycles. The number of aliphatic carboxylic acids is 1. The summed E-state index contributed by atoms with van der Waals surface area (Å²) in [5.74, 6) is -0.989. The van der Waals surface area contributed by atoms with Gasteiger partial charge in [-0.2, -0.15) is 0 Å². The molecule has 1 atom stereocenters. The SMILES string of the molecule is CCC[C@@H](NC(=O)NC1Cc2ccccc2C1)C(=O)O. The molecule has 1 aliphatic rings. The second-order valence-corrected chi connectivity index (χ2v) is 5.17. The Morgan fingerprint density at radius 2 is 1.90 bits per heavy atom. The smallest absolute Gasteiger partial charge is 0.326 e. The van der Waals surface area contributed by atoms with Crippen molar-refractivity contribution in [2.45, 2.75) is 44.7 Å². The van der Waals surface area contributed by atoms with Crippen LogP contribution >= 0.6 is 0 Å². The van der Waals surface area contributed by atoms with Gasteiger partial charge in [0.2, 0.25) is 0 Å². The second kappa shape index (κ2) is 6.41. The van der Waals surface area contributed by atoms with Crippen molar-refractivity contribution in [3.8, 4) is 0 Å². The third-order valence-electron chi connectivity index (χ3n) is 3.57. The maximum absolute atomic E-state index is 11.9. The van der Waals surface area contributed by atoms with Gasteiger partial charge < -0.3 is 15.7 Å². The predicted molar refractivity (Wildman–Crippen MR) is 75.6 cm³/mol. The molecule has 0 saturated carbocycles. The number of amides is 2. The van der Waals surface area contributed by atoms with Gasteiger partial charge in [-0.1, -0.05) is 37.6 Å². The van der Waals surface area contributed by atoms with Crippen molar-refractivity contribution in [1.82, 2.24) is 10.6 Å². The van der Waals surface area contributed by atoms with E-state index in [4.69, 9.17) is 5.11 Å². The number of carboxylic acid groups (broad SMARTS) is 1. The number of carbonyl (C=O) groups is 2. The third kappa shape index (κ3) is 3.50. The fourth-order valence-corrected chi connectivity index (χ4v) is 2.59. The van der Waals surface area contributed by atoms with Crippen LogP contribution in [0.1, 0.15) is 30.9 Å². The molecule has 0 spiro atoms. The molecule has 0 aromatic heterocycles. The van der Waals surface area contributed by atoms with E-state index in [-0.39, 0.29) is 6.04 Å². The Balaban J connectivity index is 1.86. The minimum Gasteiger partial charge on any atom is -0.480 e. The van der Waals surface area contributed by atoms with Crippen LogP contribution in [-0.2, 0) is 17.6 Å². The maximum atomic E-state index is 11.9. The Morgan fingerprint density at radius 3 is 2.40 bits per heavy atom. The van der Waals surface area contributed by atoms with Gasteiger partial charge in [-0.25, -0.2) is 9.59 Å². The van der Waals surface area contributed by atoms with E-state index in [9.17, 15) is 9.59 Å². The predicted octanol–water partition coefficient (Wildman–Crippen LogP) is 1.71. The Hall–Kier alpha value is -2.04. The average Bonchev–Trinajstić information content (AvgIpc) is 2.79. The van der Waals surface area contributed by atoms with Crippen molar-refractivity contribution in [3.63, 3.8) is 0 Å². The van der Waals surface area contributed by atoms with Gasteiger partial charge in [0, 0.05) is 6.04 Å². The number of urea groups is 1. The van der Waals surface area contributed by atoms with Crippen molar-refractivity contribution in [1.29, 1.82) is 0 Å². The summed E-state index contributed by atoms with van der Waals surface area (Å²) in [4.78, 5) is 22.9. The molecule has 5 nitrogen and oxygen atoms in total. The number of carboxylic acids is 1. The van der Waals surface area contributed by atoms with Crippen LogP contribution in [0.4, 0.5) is 4.79 Å².